The molecule has 2 N–H and O–H groups in total. The van der Waals surface area contributed by atoms with Gasteiger partial charge in [0.1, 0.15) is 4.21 Å². The first-order valence-electron chi connectivity index (χ1n) is 6.27. The molecule has 2 heterocycles. The zero-order valence-electron chi connectivity index (χ0n) is 11.4. The molecule has 21 heavy (non-hydrogen) atoms. The second-order valence-corrected chi connectivity index (χ2v) is 7.39. The second-order valence-electron chi connectivity index (χ2n) is 4.45. The van der Waals surface area contributed by atoms with Crippen molar-refractivity contribution in [1.82, 2.24) is 19.8 Å². The Bertz CT molecular complexity index is 665. The summed E-state index contributed by atoms with van der Waals surface area (Å²) < 4.78 is 27.9. The number of carbonyl (C=O) groups is 1. The number of hydrogen-bond donors (Lipinski definition) is 2. The van der Waals surface area contributed by atoms with Crippen molar-refractivity contribution in [3.8, 4) is 0 Å². The Kier molecular flexibility index (Phi) is 5.10. The van der Waals surface area contributed by atoms with Crippen molar-refractivity contribution in [2.75, 3.05) is 6.54 Å². The smallest absolute Gasteiger partial charge is 0.250 e. The highest BCUT2D eigenvalue weighted by molar-refractivity contribution is 7.91. The van der Waals surface area contributed by atoms with Crippen LogP contribution >= 0.6 is 11.3 Å². The minimum absolute atomic E-state index is 0.149. The standard InChI is InChI=1S/C12H16N4O3S2/c1-10(9-16-6-3-5-13-16)15-11(17)8-14-21(18,19)12-4-2-7-20-12/h2-7,10,14H,8-9H2,1H3,(H,15,17). The summed E-state index contributed by atoms with van der Waals surface area (Å²) in [6, 6.07) is 4.78. The zero-order chi connectivity index (χ0) is 15.3. The fourth-order valence-corrected chi connectivity index (χ4v) is 3.73. The van der Waals surface area contributed by atoms with Crippen LogP contribution in [0.3, 0.4) is 0 Å². The molecule has 2 rings (SSSR count). The van der Waals surface area contributed by atoms with Crippen LogP contribution in [0.1, 0.15) is 6.92 Å². The molecular weight excluding hydrogens is 312 g/mol. The molecule has 1 amide bonds. The van der Waals surface area contributed by atoms with Crippen molar-refractivity contribution in [1.29, 1.82) is 0 Å². The largest absolute Gasteiger partial charge is 0.351 e. The Labute approximate surface area is 127 Å². The number of hydrogen-bond acceptors (Lipinski definition) is 5. The van der Waals surface area contributed by atoms with Crippen LogP contribution in [-0.2, 0) is 21.4 Å². The summed E-state index contributed by atoms with van der Waals surface area (Å²) in [7, 11) is -3.61. The van der Waals surface area contributed by atoms with Crippen LogP contribution in [0, 0.1) is 0 Å². The van der Waals surface area contributed by atoms with Crippen LogP contribution in [0.15, 0.2) is 40.2 Å². The zero-order valence-corrected chi connectivity index (χ0v) is 13.0. The minimum Gasteiger partial charge on any atom is -0.351 e. The number of carbonyl (C=O) groups excluding carboxylic acids is 1. The molecule has 0 aliphatic heterocycles. The maximum atomic E-state index is 11.8. The van der Waals surface area contributed by atoms with E-state index in [1.807, 2.05) is 6.92 Å². The van der Waals surface area contributed by atoms with E-state index in [1.165, 1.54) is 6.07 Å². The number of sulfonamides is 1. The number of amides is 1. The minimum atomic E-state index is -3.61. The van der Waals surface area contributed by atoms with Gasteiger partial charge < -0.3 is 5.32 Å². The van der Waals surface area contributed by atoms with E-state index in [4.69, 9.17) is 0 Å². The molecule has 0 radical (unpaired) electrons. The molecule has 0 aromatic carbocycles. The van der Waals surface area contributed by atoms with Gasteiger partial charge >= 0.3 is 0 Å². The Balaban J connectivity index is 1.79. The third kappa shape index (κ3) is 4.66. The summed E-state index contributed by atoms with van der Waals surface area (Å²) in [6.07, 6.45) is 3.45. The van der Waals surface area contributed by atoms with Crippen molar-refractivity contribution in [2.24, 2.45) is 0 Å². The number of aromatic nitrogens is 2. The van der Waals surface area contributed by atoms with Gasteiger partial charge in [0.2, 0.25) is 5.91 Å². The molecule has 2 aromatic heterocycles. The Hall–Kier alpha value is -1.71. The fourth-order valence-electron chi connectivity index (χ4n) is 1.71. The summed E-state index contributed by atoms with van der Waals surface area (Å²) in [5, 5.41) is 8.42. The van der Waals surface area contributed by atoms with Gasteiger partial charge in [0, 0.05) is 18.4 Å². The van der Waals surface area contributed by atoms with E-state index in [9.17, 15) is 13.2 Å². The predicted molar refractivity (Wildman–Crippen MR) is 79.3 cm³/mol. The molecule has 114 valence electrons. The van der Waals surface area contributed by atoms with Crippen molar-refractivity contribution in [2.45, 2.75) is 23.7 Å². The molecule has 0 saturated carbocycles. The number of thiophene rings is 1. The summed E-state index contributed by atoms with van der Waals surface area (Å²) >= 11 is 1.10. The molecule has 0 fully saturated rings. The normalized spacial score (nSPS) is 13.0. The van der Waals surface area contributed by atoms with Crippen LogP contribution in [0.5, 0.6) is 0 Å². The van der Waals surface area contributed by atoms with E-state index in [0.717, 1.165) is 11.3 Å². The highest BCUT2D eigenvalue weighted by atomic mass is 32.2. The van der Waals surface area contributed by atoms with E-state index < -0.39 is 10.0 Å². The lowest BCUT2D eigenvalue weighted by atomic mass is 10.3. The van der Waals surface area contributed by atoms with Gasteiger partial charge in [-0.05, 0) is 24.4 Å². The lowest BCUT2D eigenvalue weighted by molar-refractivity contribution is -0.120. The van der Waals surface area contributed by atoms with Crippen LogP contribution in [0.2, 0.25) is 0 Å². The van der Waals surface area contributed by atoms with Gasteiger partial charge in [0.05, 0.1) is 13.1 Å². The first-order valence-corrected chi connectivity index (χ1v) is 8.63. The summed E-state index contributed by atoms with van der Waals surface area (Å²) in [4.78, 5) is 11.7. The highest BCUT2D eigenvalue weighted by Gasteiger charge is 2.17. The SMILES string of the molecule is CC(Cn1cccn1)NC(=O)CNS(=O)(=O)c1cccs1. The van der Waals surface area contributed by atoms with E-state index in [-0.39, 0.29) is 22.7 Å². The van der Waals surface area contributed by atoms with Crippen molar-refractivity contribution < 1.29 is 13.2 Å². The molecule has 0 spiro atoms. The third-order valence-electron chi connectivity index (χ3n) is 2.61. The second kappa shape index (κ2) is 6.83. The van der Waals surface area contributed by atoms with Gasteiger partial charge in [-0.3, -0.25) is 9.48 Å². The quantitative estimate of drug-likeness (QED) is 0.771. The Morgan fingerprint density at radius 1 is 1.48 bits per heavy atom. The fraction of sp³-hybridized carbons (Fsp3) is 0.333. The van der Waals surface area contributed by atoms with E-state index >= 15 is 0 Å². The van der Waals surface area contributed by atoms with Crippen LogP contribution < -0.4 is 10.0 Å². The lowest BCUT2D eigenvalue weighted by Gasteiger charge is -2.14. The molecule has 1 atom stereocenters. The monoisotopic (exact) mass is 328 g/mol. The van der Waals surface area contributed by atoms with Gasteiger partial charge in [-0.2, -0.15) is 5.10 Å². The molecule has 1 unspecified atom stereocenters. The topological polar surface area (TPSA) is 93.1 Å². The van der Waals surface area contributed by atoms with Crippen molar-refractivity contribution in [3.05, 3.63) is 36.0 Å². The number of rotatable bonds is 7. The molecule has 7 nitrogen and oxygen atoms in total. The number of nitrogens with one attached hydrogen (secondary N) is 2. The molecule has 0 aliphatic carbocycles. The van der Waals surface area contributed by atoms with Gasteiger partial charge in [0.25, 0.3) is 10.0 Å². The van der Waals surface area contributed by atoms with E-state index in [0.29, 0.717) is 6.54 Å². The molecule has 2 aromatic rings. The Morgan fingerprint density at radius 3 is 2.90 bits per heavy atom. The van der Waals surface area contributed by atoms with Crippen molar-refractivity contribution >= 4 is 27.3 Å². The van der Waals surface area contributed by atoms with Gasteiger partial charge in [-0.1, -0.05) is 6.07 Å². The van der Waals surface area contributed by atoms with Crippen LogP contribution in [-0.4, -0.2) is 36.7 Å². The third-order valence-corrected chi connectivity index (χ3v) is 5.41. The van der Waals surface area contributed by atoms with Gasteiger partial charge in [-0.25, -0.2) is 13.1 Å². The van der Waals surface area contributed by atoms with Crippen LogP contribution in [0.25, 0.3) is 0 Å². The highest BCUT2D eigenvalue weighted by Crippen LogP contribution is 2.14. The van der Waals surface area contributed by atoms with Gasteiger partial charge in [-0.15, -0.1) is 11.3 Å². The van der Waals surface area contributed by atoms with E-state index in [2.05, 4.69) is 15.1 Å². The summed E-state index contributed by atoms with van der Waals surface area (Å²) in [5.41, 5.74) is 0. The molecule has 0 aliphatic rings. The Morgan fingerprint density at radius 2 is 2.29 bits per heavy atom. The number of nitrogens with zero attached hydrogens (tertiary/aromatic N) is 2. The van der Waals surface area contributed by atoms with Crippen LogP contribution in [0.4, 0.5) is 0 Å². The molecular formula is C12H16N4O3S2. The maximum absolute atomic E-state index is 11.8. The summed E-state index contributed by atoms with van der Waals surface area (Å²) in [6.45, 7) is 2.06. The molecule has 0 saturated heterocycles. The maximum Gasteiger partial charge on any atom is 0.250 e. The molecule has 0 bridgehead atoms. The first kappa shape index (κ1) is 15.7. The lowest BCUT2D eigenvalue weighted by Crippen LogP contribution is -2.42. The first-order chi connectivity index (χ1) is 9.97. The van der Waals surface area contributed by atoms with E-state index in [1.54, 1.807) is 34.6 Å². The van der Waals surface area contributed by atoms with Crippen molar-refractivity contribution in [3.63, 3.8) is 0 Å². The van der Waals surface area contributed by atoms with Gasteiger partial charge in [0.15, 0.2) is 0 Å². The average Bonchev–Trinajstić information content (AvgIpc) is 3.09. The summed E-state index contributed by atoms with van der Waals surface area (Å²) in [5.74, 6) is -0.380. The predicted octanol–water partition coefficient (Wildman–Crippen LogP) is 0.428. The average molecular weight is 328 g/mol. The molecule has 9 heteroatoms.